The van der Waals surface area contributed by atoms with E-state index in [-0.39, 0.29) is 0 Å². The van der Waals surface area contributed by atoms with E-state index in [0.717, 1.165) is 31.9 Å². The fraction of sp³-hybridized carbons (Fsp3) is 0.143. The van der Waals surface area contributed by atoms with Gasteiger partial charge in [0.15, 0.2) is 0 Å². The first-order valence-electron chi connectivity index (χ1n) is 16.3. The van der Waals surface area contributed by atoms with Gasteiger partial charge < -0.3 is 4.90 Å². The predicted octanol–water partition coefficient (Wildman–Crippen LogP) is 7.49. The highest BCUT2D eigenvalue weighted by Gasteiger charge is 2.24. The third-order valence-corrected chi connectivity index (χ3v) is 15.9. The van der Waals surface area contributed by atoms with Gasteiger partial charge in [-0.15, -0.1) is 0 Å². The lowest BCUT2D eigenvalue weighted by Crippen LogP contribution is -2.38. The molecular formula is C42H43N2P3. The number of rotatable bonds is 15. The van der Waals surface area contributed by atoms with Crippen LogP contribution in [0.15, 0.2) is 182 Å². The van der Waals surface area contributed by atoms with Crippen molar-refractivity contribution in [1.29, 1.82) is 0 Å². The molecule has 0 aliphatic rings. The Labute approximate surface area is 285 Å². The summed E-state index contributed by atoms with van der Waals surface area (Å²) in [6.07, 6.45) is 3.10. The first kappa shape index (κ1) is 33.4. The Morgan fingerprint density at radius 1 is 0.319 bits per heavy atom. The number of hydrogen-bond acceptors (Lipinski definition) is 2. The van der Waals surface area contributed by atoms with Gasteiger partial charge >= 0.3 is 0 Å². The van der Waals surface area contributed by atoms with Crippen LogP contribution >= 0.6 is 23.8 Å². The third-order valence-electron chi connectivity index (χ3n) is 8.27. The first-order valence-corrected chi connectivity index (χ1v) is 20.9. The van der Waals surface area contributed by atoms with Crippen molar-refractivity contribution in [3.63, 3.8) is 0 Å². The topological polar surface area (TPSA) is 6.48 Å². The van der Waals surface area contributed by atoms with E-state index in [9.17, 15) is 0 Å². The van der Waals surface area contributed by atoms with Crippen molar-refractivity contribution in [3.8, 4) is 0 Å². The number of likely N-dealkylation sites (N-methyl/N-ethyl adjacent to an activating group) is 1. The molecule has 6 aromatic rings. The van der Waals surface area contributed by atoms with E-state index in [1.807, 2.05) is 0 Å². The molecule has 6 aromatic carbocycles. The van der Waals surface area contributed by atoms with Gasteiger partial charge in [-0.1, -0.05) is 182 Å². The van der Waals surface area contributed by atoms with E-state index >= 15 is 0 Å². The van der Waals surface area contributed by atoms with Crippen LogP contribution in [0.3, 0.4) is 0 Å². The lowest BCUT2D eigenvalue weighted by molar-refractivity contribution is 0.296. The van der Waals surface area contributed by atoms with Crippen LogP contribution in [0.5, 0.6) is 0 Å². The molecule has 0 aliphatic carbocycles. The summed E-state index contributed by atoms with van der Waals surface area (Å²) in [4.78, 5) is 5.35. The Kier molecular flexibility index (Phi) is 12.5. The molecule has 2 nitrogen and oxygen atoms in total. The molecule has 0 fully saturated rings. The smallest absolute Gasteiger partial charge is 0.0270 e. The van der Waals surface area contributed by atoms with Crippen LogP contribution in [-0.4, -0.2) is 48.8 Å². The molecule has 0 N–H and O–H groups in total. The lowest BCUT2D eigenvalue weighted by Gasteiger charge is -2.34. The molecule has 0 amide bonds. The monoisotopic (exact) mass is 668 g/mol. The van der Waals surface area contributed by atoms with Gasteiger partial charge in [-0.3, -0.25) is 4.90 Å². The molecule has 0 aromatic heterocycles. The summed E-state index contributed by atoms with van der Waals surface area (Å²) in [5.74, 6) is 0. The predicted molar refractivity (Wildman–Crippen MR) is 211 cm³/mol. The normalized spacial score (nSPS) is 11.6. The molecule has 236 valence electrons. The summed E-state index contributed by atoms with van der Waals surface area (Å²) in [6, 6.07) is 66.9. The minimum absolute atomic E-state index is 0.484. The molecule has 5 heteroatoms. The van der Waals surface area contributed by atoms with Gasteiger partial charge in [-0.05, 0) is 62.6 Å². The molecule has 0 radical (unpaired) electrons. The Morgan fingerprint density at radius 2 is 0.553 bits per heavy atom. The number of nitrogens with zero attached hydrogens (tertiary/aromatic N) is 2. The Bertz CT molecular complexity index is 1520. The molecule has 0 unspecified atom stereocenters. The third kappa shape index (κ3) is 9.55. The summed E-state index contributed by atoms with van der Waals surface area (Å²) in [5, 5.41) is 8.62. The average Bonchev–Trinajstić information content (AvgIpc) is 3.15. The molecule has 0 saturated carbocycles. The Hall–Kier alpha value is -3.47. The number of benzene rings is 6. The maximum Gasteiger partial charge on any atom is 0.0270 e. The zero-order valence-corrected chi connectivity index (χ0v) is 29.8. The average molecular weight is 669 g/mol. The lowest BCUT2D eigenvalue weighted by atomic mass is 10.4. The van der Waals surface area contributed by atoms with E-state index in [1.54, 1.807) is 0 Å². The molecule has 0 aliphatic heterocycles. The molecule has 0 spiro atoms. The zero-order valence-electron chi connectivity index (χ0n) is 27.1. The van der Waals surface area contributed by atoms with Crippen molar-refractivity contribution < 1.29 is 0 Å². The van der Waals surface area contributed by atoms with Crippen molar-refractivity contribution in [2.45, 2.75) is 0 Å². The van der Waals surface area contributed by atoms with Crippen molar-refractivity contribution in [3.05, 3.63) is 182 Å². The highest BCUT2D eigenvalue weighted by molar-refractivity contribution is 7.74. The van der Waals surface area contributed by atoms with Gasteiger partial charge in [0.2, 0.25) is 0 Å². The van der Waals surface area contributed by atoms with E-state index < -0.39 is 23.8 Å². The molecule has 0 heterocycles. The van der Waals surface area contributed by atoms with Crippen LogP contribution < -0.4 is 31.8 Å². The van der Waals surface area contributed by atoms with Crippen molar-refractivity contribution in [2.75, 3.05) is 39.0 Å². The van der Waals surface area contributed by atoms with Gasteiger partial charge in [0.05, 0.1) is 0 Å². The molecule has 47 heavy (non-hydrogen) atoms. The first-order chi connectivity index (χ1) is 23.2. The van der Waals surface area contributed by atoms with Crippen LogP contribution in [0.1, 0.15) is 0 Å². The maximum absolute atomic E-state index is 2.78. The second-order valence-electron chi connectivity index (χ2n) is 11.7. The quantitative estimate of drug-likeness (QED) is 0.105. The number of hydrogen-bond donors (Lipinski definition) is 0. The molecule has 0 bridgehead atoms. The minimum atomic E-state index is -0.557. The van der Waals surface area contributed by atoms with Crippen LogP contribution in [0.2, 0.25) is 0 Å². The van der Waals surface area contributed by atoms with Crippen LogP contribution in [-0.2, 0) is 0 Å². The molecule has 0 atom stereocenters. The van der Waals surface area contributed by atoms with Crippen LogP contribution in [0.4, 0.5) is 0 Å². The van der Waals surface area contributed by atoms with E-state index in [0.29, 0.717) is 0 Å². The Morgan fingerprint density at radius 3 is 0.809 bits per heavy atom. The second-order valence-corrected chi connectivity index (χ2v) is 18.2. The summed E-state index contributed by atoms with van der Waals surface area (Å²) in [5.41, 5.74) is 0. The summed E-state index contributed by atoms with van der Waals surface area (Å²) in [7, 11) is 0.716. The highest BCUT2D eigenvalue weighted by Crippen LogP contribution is 2.40. The van der Waals surface area contributed by atoms with Gasteiger partial charge in [-0.2, -0.15) is 0 Å². The van der Waals surface area contributed by atoms with E-state index in [1.165, 1.54) is 31.8 Å². The minimum Gasteiger partial charge on any atom is -0.300 e. The van der Waals surface area contributed by atoms with Crippen molar-refractivity contribution in [2.24, 2.45) is 0 Å². The Balaban J connectivity index is 1.29. The summed E-state index contributed by atoms with van der Waals surface area (Å²) < 4.78 is 0. The SMILES string of the molecule is CN(CCN(CP(c1ccccc1)c1ccccc1)CP(c1ccccc1)c1ccccc1)CP(c1ccccc1)c1ccccc1. The van der Waals surface area contributed by atoms with Gasteiger partial charge in [-0.25, -0.2) is 0 Å². The van der Waals surface area contributed by atoms with Crippen molar-refractivity contribution >= 4 is 55.6 Å². The van der Waals surface area contributed by atoms with Crippen LogP contribution in [0, 0.1) is 0 Å². The van der Waals surface area contributed by atoms with Gasteiger partial charge in [0, 0.05) is 31.9 Å². The standard InChI is InChI=1S/C42H43N2P3/c1-43(34-45(37-20-8-2-9-21-37)38-22-10-3-11-23-38)32-33-44(35-46(39-24-12-4-13-25-39)40-26-14-5-15-27-40)36-47(41-28-16-6-17-29-41)42-30-18-7-19-31-42/h2-31H,32-36H2,1H3. The van der Waals surface area contributed by atoms with E-state index in [4.69, 9.17) is 0 Å². The highest BCUT2D eigenvalue weighted by atomic mass is 31.1. The largest absolute Gasteiger partial charge is 0.300 e. The molecule has 0 saturated heterocycles. The maximum atomic E-state index is 2.78. The molecule has 6 rings (SSSR count). The fourth-order valence-corrected chi connectivity index (χ4v) is 12.9. The van der Waals surface area contributed by atoms with Crippen molar-refractivity contribution in [1.82, 2.24) is 9.80 Å². The summed E-state index contributed by atoms with van der Waals surface area (Å²) in [6.45, 7) is 2.03. The van der Waals surface area contributed by atoms with Gasteiger partial charge in [0.25, 0.3) is 0 Å². The fourth-order valence-electron chi connectivity index (χ4n) is 5.80. The van der Waals surface area contributed by atoms with Crippen LogP contribution in [0.25, 0.3) is 0 Å². The second kappa shape index (κ2) is 17.6. The molecular weight excluding hydrogens is 625 g/mol. The van der Waals surface area contributed by atoms with E-state index in [2.05, 4.69) is 199 Å². The zero-order chi connectivity index (χ0) is 32.1. The summed E-state index contributed by atoms with van der Waals surface area (Å²) >= 11 is 0. The van der Waals surface area contributed by atoms with Gasteiger partial charge in [0.1, 0.15) is 0 Å².